The van der Waals surface area contributed by atoms with Crippen LogP contribution < -0.4 is 24.8 Å². The molecule has 12 nitrogen and oxygen atoms in total. The van der Waals surface area contributed by atoms with Crippen molar-refractivity contribution < 1.29 is 33.0 Å². The molecule has 45 heavy (non-hydrogen) atoms. The van der Waals surface area contributed by atoms with Crippen molar-refractivity contribution in [3.63, 3.8) is 0 Å². The number of ether oxygens (including phenoxy) is 3. The zero-order valence-electron chi connectivity index (χ0n) is 24.9. The minimum atomic E-state index is -0.654. The molecule has 2 N–H and O–H groups in total. The van der Waals surface area contributed by atoms with E-state index in [9.17, 15) is 18.8 Å². The maximum absolute atomic E-state index is 14.6. The number of likely N-dealkylation sites (tertiary alicyclic amines) is 1. The Labute approximate surface area is 258 Å². The molecule has 2 aromatic heterocycles. The number of rotatable bonds is 2. The average Bonchev–Trinajstić information content (AvgIpc) is 3.52. The van der Waals surface area contributed by atoms with Gasteiger partial charge in [-0.3, -0.25) is 14.4 Å². The van der Waals surface area contributed by atoms with E-state index in [2.05, 4.69) is 20.7 Å². The number of nitrogens with zero attached hydrogens (tertiary/aromatic N) is 4. The van der Waals surface area contributed by atoms with Gasteiger partial charge in [-0.05, 0) is 48.7 Å². The number of hydrogen-bond acceptors (Lipinski definition) is 8. The van der Waals surface area contributed by atoms with Crippen molar-refractivity contribution in [3.05, 3.63) is 83.1 Å². The summed E-state index contributed by atoms with van der Waals surface area (Å²) in [6.07, 6.45) is 3.53. The van der Waals surface area contributed by atoms with E-state index < -0.39 is 23.9 Å². The highest BCUT2D eigenvalue weighted by molar-refractivity contribution is 5.95. The average molecular weight is 617 g/mol. The molecule has 2 atom stereocenters. The van der Waals surface area contributed by atoms with Crippen LogP contribution in [-0.2, 0) is 22.6 Å². The lowest BCUT2D eigenvalue weighted by Gasteiger charge is -2.39. The van der Waals surface area contributed by atoms with Gasteiger partial charge in [0.05, 0.1) is 30.6 Å². The third-order valence-electron chi connectivity index (χ3n) is 8.01. The number of methoxy groups -OCH3 is 1. The second-order valence-corrected chi connectivity index (χ2v) is 11.1. The lowest BCUT2D eigenvalue weighted by molar-refractivity contribution is -0.125. The van der Waals surface area contributed by atoms with Crippen molar-refractivity contribution in [2.45, 2.75) is 44.9 Å². The van der Waals surface area contributed by atoms with Crippen molar-refractivity contribution in [1.29, 1.82) is 0 Å². The molecule has 2 aromatic carbocycles. The van der Waals surface area contributed by atoms with Crippen molar-refractivity contribution >= 4 is 23.4 Å². The molecule has 3 amide bonds. The monoisotopic (exact) mass is 616 g/mol. The Morgan fingerprint density at radius 1 is 1.09 bits per heavy atom. The van der Waals surface area contributed by atoms with Gasteiger partial charge in [-0.25, -0.2) is 13.9 Å². The van der Waals surface area contributed by atoms with Gasteiger partial charge >= 0.3 is 0 Å². The summed E-state index contributed by atoms with van der Waals surface area (Å²) in [4.78, 5) is 45.5. The first kappa shape index (κ1) is 29.9. The second-order valence-electron chi connectivity index (χ2n) is 11.1. The summed E-state index contributed by atoms with van der Waals surface area (Å²) >= 11 is 0. The van der Waals surface area contributed by atoms with Gasteiger partial charge in [0.2, 0.25) is 5.91 Å². The molecular weight excluding hydrogens is 583 g/mol. The number of hydrogen-bond donors (Lipinski definition) is 2. The minimum absolute atomic E-state index is 0.116. The zero-order valence-corrected chi connectivity index (χ0v) is 24.9. The highest BCUT2D eigenvalue weighted by Gasteiger charge is 2.35. The maximum atomic E-state index is 14.6. The van der Waals surface area contributed by atoms with Gasteiger partial charge in [-0.2, -0.15) is 5.10 Å². The zero-order chi connectivity index (χ0) is 31.5. The number of benzene rings is 2. The number of nitrogens with one attached hydrogen (secondary N) is 2. The fourth-order valence-corrected chi connectivity index (χ4v) is 5.66. The molecule has 4 heterocycles. The molecule has 1 fully saturated rings. The van der Waals surface area contributed by atoms with Crippen LogP contribution in [0.15, 0.2) is 54.9 Å². The van der Waals surface area contributed by atoms with Crippen LogP contribution in [0.5, 0.6) is 17.2 Å². The van der Waals surface area contributed by atoms with E-state index in [-0.39, 0.29) is 43.7 Å². The Hall–Kier alpha value is -5.20. The molecule has 2 aliphatic heterocycles. The van der Waals surface area contributed by atoms with Crippen LogP contribution in [0.1, 0.15) is 40.0 Å². The normalized spacial score (nSPS) is 19.2. The summed E-state index contributed by atoms with van der Waals surface area (Å²) in [5.41, 5.74) is 3.02. The fourth-order valence-electron chi connectivity index (χ4n) is 5.66. The Morgan fingerprint density at radius 3 is 2.80 bits per heavy atom. The summed E-state index contributed by atoms with van der Waals surface area (Å²) in [6.45, 7) is 2.04. The second kappa shape index (κ2) is 12.8. The van der Waals surface area contributed by atoms with E-state index in [0.29, 0.717) is 53.4 Å². The van der Waals surface area contributed by atoms with Gasteiger partial charge in [0.1, 0.15) is 17.7 Å². The van der Waals surface area contributed by atoms with Gasteiger partial charge in [0, 0.05) is 50.8 Å². The molecule has 6 rings (SSSR count). The number of carbonyl (C=O) groups is 3. The van der Waals surface area contributed by atoms with Gasteiger partial charge < -0.3 is 29.7 Å². The van der Waals surface area contributed by atoms with Gasteiger partial charge in [0.15, 0.2) is 23.8 Å². The highest BCUT2D eigenvalue weighted by atomic mass is 19.1. The number of amides is 3. The minimum Gasteiger partial charge on any atom is -0.493 e. The molecule has 2 aliphatic rings. The van der Waals surface area contributed by atoms with E-state index in [1.54, 1.807) is 46.8 Å². The molecule has 0 unspecified atom stereocenters. The Balaban J connectivity index is 1.28. The van der Waals surface area contributed by atoms with E-state index >= 15 is 0 Å². The van der Waals surface area contributed by atoms with Gasteiger partial charge in [-0.15, -0.1) is 0 Å². The molecule has 1 saturated heterocycles. The topological polar surface area (TPSA) is 136 Å². The molecule has 0 radical (unpaired) electrons. The fraction of sp³-hybridized carbons (Fsp3) is 0.344. The number of piperidine rings is 1. The molecule has 4 aromatic rings. The van der Waals surface area contributed by atoms with E-state index in [1.807, 2.05) is 6.07 Å². The van der Waals surface area contributed by atoms with Crippen molar-refractivity contribution in [2.75, 3.05) is 26.8 Å². The summed E-state index contributed by atoms with van der Waals surface area (Å²) in [5, 5.41) is 10.1. The molecule has 234 valence electrons. The molecular formula is C32H33FN6O6. The Bertz CT molecular complexity index is 1760. The van der Waals surface area contributed by atoms with Crippen molar-refractivity contribution in [1.82, 2.24) is 30.1 Å². The third kappa shape index (κ3) is 6.66. The summed E-state index contributed by atoms with van der Waals surface area (Å²) in [7, 11) is 1.50. The summed E-state index contributed by atoms with van der Waals surface area (Å²) < 4.78 is 33.7. The van der Waals surface area contributed by atoms with Crippen LogP contribution in [0.25, 0.3) is 5.65 Å². The highest BCUT2D eigenvalue weighted by Crippen LogP contribution is 2.29. The number of halogens is 1. The first-order chi connectivity index (χ1) is 21.8. The van der Waals surface area contributed by atoms with Crippen LogP contribution in [0.4, 0.5) is 4.39 Å². The van der Waals surface area contributed by atoms with Crippen molar-refractivity contribution in [3.8, 4) is 17.2 Å². The number of fused-ring (bicyclic) bond motifs is 6. The number of aromatic nitrogens is 3. The Morgan fingerprint density at radius 2 is 1.96 bits per heavy atom. The van der Waals surface area contributed by atoms with Crippen LogP contribution in [-0.4, -0.2) is 76.2 Å². The van der Waals surface area contributed by atoms with E-state index in [0.717, 1.165) is 5.56 Å². The maximum Gasteiger partial charge on any atom is 0.258 e. The Kier molecular flexibility index (Phi) is 8.49. The van der Waals surface area contributed by atoms with E-state index in [1.165, 1.54) is 25.4 Å². The first-order valence-electron chi connectivity index (χ1n) is 14.7. The van der Waals surface area contributed by atoms with Crippen LogP contribution in [0.3, 0.4) is 0 Å². The molecule has 0 saturated carbocycles. The van der Waals surface area contributed by atoms with Crippen LogP contribution in [0.2, 0.25) is 0 Å². The smallest absolute Gasteiger partial charge is 0.258 e. The molecule has 4 bridgehead atoms. The van der Waals surface area contributed by atoms with Crippen LogP contribution >= 0.6 is 0 Å². The van der Waals surface area contributed by atoms with Crippen LogP contribution in [0, 0.1) is 12.7 Å². The first-order valence-corrected chi connectivity index (χ1v) is 14.7. The molecule has 0 spiro atoms. The standard InChI is InChI=1S/C32H33FN6O6/c1-19-24(16-34-29-7-9-36-39(19)29)32(42)38-10-8-26-25(17-38)37-31(41)18-44-28-13-20(3-5-27(28)43-2)4-6-30(40)35-15-21-11-22(33)14-23(12-21)45-26/h3,5,7,9,11-14,16,25-26H,4,6,8,10,15,17-18H2,1-2H3,(H,35,40)(H,37,41)/t25-,26-/m1/s1. The number of aryl methyl sites for hydroxylation is 2. The van der Waals surface area contributed by atoms with E-state index in [4.69, 9.17) is 14.2 Å². The lowest BCUT2D eigenvalue weighted by atomic mass is 10.0. The van der Waals surface area contributed by atoms with Crippen molar-refractivity contribution in [2.24, 2.45) is 0 Å². The lowest BCUT2D eigenvalue weighted by Crippen LogP contribution is -2.58. The predicted molar refractivity (Wildman–Crippen MR) is 160 cm³/mol. The largest absolute Gasteiger partial charge is 0.493 e. The summed E-state index contributed by atoms with van der Waals surface area (Å²) in [6, 6.07) is 10.6. The third-order valence-corrected chi connectivity index (χ3v) is 8.01. The quantitative estimate of drug-likeness (QED) is 0.351. The van der Waals surface area contributed by atoms with Gasteiger partial charge in [-0.1, -0.05) is 6.07 Å². The molecule has 0 aliphatic carbocycles. The SMILES string of the molecule is COc1ccc2cc1OCC(=O)N[C@@H]1CN(C(=O)c3cnc4ccnn4c3C)CC[C@H]1Oc1cc(F)cc(c1)CNC(=O)CC2. The van der Waals surface area contributed by atoms with Gasteiger partial charge in [0.25, 0.3) is 11.8 Å². The predicted octanol–water partition coefficient (Wildman–Crippen LogP) is 2.61. The summed E-state index contributed by atoms with van der Waals surface area (Å²) in [5.74, 6) is -0.352. The molecule has 13 heteroatoms. The number of carbonyl (C=O) groups excluding carboxylic acids is 3.